The number of aliphatic hydroxyl groups excluding tert-OH is 1. The van der Waals surface area contributed by atoms with E-state index >= 15 is 0 Å². The van der Waals surface area contributed by atoms with Crippen LogP contribution in [0.15, 0.2) is 72.9 Å². The molecule has 1 aromatic heterocycles. The maximum absolute atomic E-state index is 10.5. The lowest BCUT2D eigenvalue weighted by Crippen LogP contribution is -2.06. The Morgan fingerprint density at radius 1 is 1.00 bits per heavy atom. The Hall–Kier alpha value is -2.65. The van der Waals surface area contributed by atoms with Crippen molar-refractivity contribution >= 4 is 5.82 Å². The molecule has 1 heterocycles. The molecule has 3 nitrogen and oxygen atoms in total. The number of nitrogens with one attached hydrogen (secondary N) is 1. The molecule has 23 heavy (non-hydrogen) atoms. The molecule has 0 saturated carbocycles. The summed E-state index contributed by atoms with van der Waals surface area (Å²) in [7, 11) is 0. The Morgan fingerprint density at radius 2 is 1.65 bits per heavy atom. The van der Waals surface area contributed by atoms with Crippen LogP contribution >= 0.6 is 0 Å². The van der Waals surface area contributed by atoms with E-state index in [2.05, 4.69) is 22.4 Å². The maximum Gasteiger partial charge on any atom is 0.126 e. The lowest BCUT2D eigenvalue weighted by atomic mass is 9.99. The number of pyridine rings is 1. The third-order valence-electron chi connectivity index (χ3n) is 3.88. The smallest absolute Gasteiger partial charge is 0.126 e. The van der Waals surface area contributed by atoms with Crippen molar-refractivity contribution in [3.05, 3.63) is 95.2 Å². The van der Waals surface area contributed by atoms with E-state index in [0.717, 1.165) is 29.1 Å². The van der Waals surface area contributed by atoms with Crippen LogP contribution in [0, 0.1) is 6.92 Å². The van der Waals surface area contributed by atoms with Crippen LogP contribution in [-0.4, -0.2) is 10.1 Å². The molecular formula is C20H20N2O. The van der Waals surface area contributed by atoms with Gasteiger partial charge < -0.3 is 10.4 Å². The van der Waals surface area contributed by atoms with Gasteiger partial charge in [0.05, 0.1) is 0 Å². The number of anilines is 1. The van der Waals surface area contributed by atoms with Crippen LogP contribution in [0.2, 0.25) is 0 Å². The van der Waals surface area contributed by atoms with Crippen molar-refractivity contribution < 1.29 is 5.11 Å². The van der Waals surface area contributed by atoms with Gasteiger partial charge in [0.15, 0.2) is 0 Å². The molecule has 0 aliphatic heterocycles. The molecule has 3 aromatic rings. The maximum atomic E-state index is 10.5. The summed E-state index contributed by atoms with van der Waals surface area (Å²) in [5.74, 6) is 0.815. The Bertz CT molecular complexity index is 757. The quantitative estimate of drug-likeness (QED) is 0.746. The van der Waals surface area contributed by atoms with E-state index in [4.69, 9.17) is 0 Å². The van der Waals surface area contributed by atoms with Gasteiger partial charge in [-0.1, -0.05) is 60.7 Å². The van der Waals surface area contributed by atoms with E-state index in [-0.39, 0.29) is 0 Å². The molecular weight excluding hydrogens is 284 g/mol. The first-order valence-corrected chi connectivity index (χ1v) is 7.71. The third-order valence-corrected chi connectivity index (χ3v) is 3.88. The van der Waals surface area contributed by atoms with Crippen molar-refractivity contribution in [2.45, 2.75) is 19.6 Å². The molecule has 2 N–H and O–H groups in total. The van der Waals surface area contributed by atoms with Crippen LogP contribution in [-0.2, 0) is 6.54 Å². The average Bonchev–Trinajstić information content (AvgIpc) is 2.61. The zero-order valence-corrected chi connectivity index (χ0v) is 13.1. The van der Waals surface area contributed by atoms with Crippen molar-refractivity contribution in [2.24, 2.45) is 0 Å². The van der Waals surface area contributed by atoms with Crippen LogP contribution in [0.1, 0.15) is 28.4 Å². The fourth-order valence-corrected chi connectivity index (χ4v) is 2.55. The van der Waals surface area contributed by atoms with Crippen LogP contribution in [0.25, 0.3) is 0 Å². The normalized spacial score (nSPS) is 11.9. The van der Waals surface area contributed by atoms with Gasteiger partial charge in [0.1, 0.15) is 11.9 Å². The molecule has 3 heteroatoms. The monoisotopic (exact) mass is 304 g/mol. The summed E-state index contributed by atoms with van der Waals surface area (Å²) >= 11 is 0. The summed E-state index contributed by atoms with van der Waals surface area (Å²) in [5.41, 5.74) is 3.94. The predicted molar refractivity (Wildman–Crippen MR) is 93.2 cm³/mol. The third kappa shape index (κ3) is 3.76. The Morgan fingerprint density at radius 3 is 2.30 bits per heavy atom. The van der Waals surface area contributed by atoms with E-state index in [1.54, 1.807) is 6.20 Å². The van der Waals surface area contributed by atoms with Crippen molar-refractivity contribution in [2.75, 3.05) is 5.32 Å². The van der Waals surface area contributed by atoms with Crippen LogP contribution in [0.5, 0.6) is 0 Å². The summed E-state index contributed by atoms with van der Waals surface area (Å²) < 4.78 is 0. The van der Waals surface area contributed by atoms with Gasteiger partial charge in [0, 0.05) is 18.3 Å². The molecule has 0 saturated heterocycles. The molecule has 116 valence electrons. The van der Waals surface area contributed by atoms with E-state index in [1.807, 2.05) is 61.5 Å². The summed E-state index contributed by atoms with van der Waals surface area (Å²) in [6, 6.07) is 21.8. The number of aryl methyl sites for hydroxylation is 1. The minimum atomic E-state index is -0.646. The number of nitrogens with zero attached hydrogens (tertiary/aromatic N) is 1. The van der Waals surface area contributed by atoms with Crippen molar-refractivity contribution in [1.29, 1.82) is 0 Å². The fourth-order valence-electron chi connectivity index (χ4n) is 2.55. The lowest BCUT2D eigenvalue weighted by Gasteiger charge is -2.15. The van der Waals surface area contributed by atoms with Gasteiger partial charge in [-0.15, -0.1) is 0 Å². The van der Waals surface area contributed by atoms with Gasteiger partial charge in [-0.2, -0.15) is 0 Å². The molecule has 1 atom stereocenters. The standard InChI is InChI=1S/C20H20N2O/c1-15-12-19(21-13-16-8-4-2-5-9-16)22-14-18(15)20(23)17-10-6-3-7-11-17/h2-12,14,20,23H,13H2,1H3,(H,21,22). The number of hydrogen-bond acceptors (Lipinski definition) is 3. The number of aromatic nitrogens is 1. The first kappa shape index (κ1) is 15.3. The number of aliphatic hydroxyl groups is 1. The van der Waals surface area contributed by atoms with E-state index in [0.29, 0.717) is 0 Å². The summed E-state index contributed by atoms with van der Waals surface area (Å²) in [5, 5.41) is 13.8. The van der Waals surface area contributed by atoms with Crippen LogP contribution < -0.4 is 5.32 Å². The highest BCUT2D eigenvalue weighted by Crippen LogP contribution is 2.25. The molecule has 3 rings (SSSR count). The van der Waals surface area contributed by atoms with E-state index < -0.39 is 6.10 Å². The topological polar surface area (TPSA) is 45.2 Å². The molecule has 2 aromatic carbocycles. The molecule has 0 radical (unpaired) electrons. The molecule has 0 amide bonds. The van der Waals surface area contributed by atoms with Crippen LogP contribution in [0.3, 0.4) is 0 Å². The molecule has 0 fully saturated rings. The van der Waals surface area contributed by atoms with E-state index in [1.165, 1.54) is 5.56 Å². The average molecular weight is 304 g/mol. The van der Waals surface area contributed by atoms with Gasteiger partial charge in [0.25, 0.3) is 0 Å². The highest BCUT2D eigenvalue weighted by atomic mass is 16.3. The summed E-state index contributed by atoms with van der Waals surface area (Å²) in [4.78, 5) is 4.43. The van der Waals surface area contributed by atoms with Gasteiger partial charge in [-0.3, -0.25) is 0 Å². The zero-order chi connectivity index (χ0) is 16.1. The molecule has 0 bridgehead atoms. The second-order valence-corrected chi connectivity index (χ2v) is 5.58. The number of rotatable bonds is 5. The highest BCUT2D eigenvalue weighted by molar-refractivity contribution is 5.43. The van der Waals surface area contributed by atoms with Crippen LogP contribution in [0.4, 0.5) is 5.82 Å². The van der Waals surface area contributed by atoms with Gasteiger partial charge >= 0.3 is 0 Å². The first-order valence-electron chi connectivity index (χ1n) is 7.71. The second kappa shape index (κ2) is 7.07. The second-order valence-electron chi connectivity index (χ2n) is 5.58. The minimum Gasteiger partial charge on any atom is -0.384 e. The van der Waals surface area contributed by atoms with Gasteiger partial charge in [0.2, 0.25) is 0 Å². The zero-order valence-electron chi connectivity index (χ0n) is 13.1. The molecule has 0 aliphatic carbocycles. The summed E-state index contributed by atoms with van der Waals surface area (Å²) in [6.45, 7) is 2.73. The lowest BCUT2D eigenvalue weighted by molar-refractivity contribution is 0.219. The van der Waals surface area contributed by atoms with Crippen molar-refractivity contribution in [3.63, 3.8) is 0 Å². The Balaban J connectivity index is 1.73. The molecule has 0 spiro atoms. The summed E-state index contributed by atoms with van der Waals surface area (Å²) in [6.07, 6.45) is 1.10. The number of hydrogen-bond donors (Lipinski definition) is 2. The Kier molecular flexibility index (Phi) is 4.69. The fraction of sp³-hybridized carbons (Fsp3) is 0.150. The molecule has 0 aliphatic rings. The Labute approximate surface area is 136 Å². The largest absolute Gasteiger partial charge is 0.384 e. The minimum absolute atomic E-state index is 0.646. The predicted octanol–water partition coefficient (Wildman–Crippen LogP) is 4.08. The van der Waals surface area contributed by atoms with E-state index in [9.17, 15) is 5.11 Å². The van der Waals surface area contributed by atoms with Crippen molar-refractivity contribution in [1.82, 2.24) is 4.98 Å². The SMILES string of the molecule is Cc1cc(NCc2ccccc2)ncc1C(O)c1ccccc1. The van der Waals surface area contributed by atoms with Gasteiger partial charge in [-0.25, -0.2) is 4.98 Å². The van der Waals surface area contributed by atoms with Crippen molar-refractivity contribution in [3.8, 4) is 0 Å². The number of benzene rings is 2. The highest BCUT2D eigenvalue weighted by Gasteiger charge is 2.13. The van der Waals surface area contributed by atoms with Gasteiger partial charge in [-0.05, 0) is 29.7 Å². The first-order chi connectivity index (χ1) is 11.2. The molecule has 1 unspecified atom stereocenters.